The van der Waals surface area contributed by atoms with E-state index in [9.17, 15) is 18.3 Å². The first kappa shape index (κ1) is 13.6. The maximum absolute atomic E-state index is 13.3. The second kappa shape index (κ2) is 4.70. The quantitative estimate of drug-likeness (QED) is 0.876. The van der Waals surface area contributed by atoms with E-state index in [4.69, 9.17) is 0 Å². The van der Waals surface area contributed by atoms with Gasteiger partial charge < -0.3 is 5.11 Å². The second-order valence-corrected chi connectivity index (χ2v) is 4.44. The minimum Gasteiger partial charge on any atom is -0.372 e. The van der Waals surface area contributed by atoms with Gasteiger partial charge in [0.15, 0.2) is 0 Å². The summed E-state index contributed by atoms with van der Waals surface area (Å²) in [6, 6.07) is 12.8. The predicted molar refractivity (Wildman–Crippen MR) is 66.7 cm³/mol. The molecule has 2 aromatic carbocycles. The Morgan fingerprint density at radius 1 is 0.789 bits per heavy atom. The van der Waals surface area contributed by atoms with E-state index in [-0.39, 0.29) is 11.1 Å². The van der Waals surface area contributed by atoms with Crippen molar-refractivity contribution in [2.24, 2.45) is 0 Å². The van der Waals surface area contributed by atoms with Crippen molar-refractivity contribution >= 4 is 0 Å². The lowest BCUT2D eigenvalue weighted by atomic mass is 9.85. The highest BCUT2D eigenvalue weighted by Gasteiger charge is 2.56. The van der Waals surface area contributed by atoms with E-state index < -0.39 is 11.8 Å². The number of hydrogen-bond acceptors (Lipinski definition) is 1. The van der Waals surface area contributed by atoms with Crippen molar-refractivity contribution in [3.8, 4) is 0 Å². The van der Waals surface area contributed by atoms with Gasteiger partial charge in [0.1, 0.15) is 0 Å². The Kier molecular flexibility index (Phi) is 3.37. The van der Waals surface area contributed by atoms with Gasteiger partial charge in [-0.05, 0) is 18.1 Å². The molecule has 2 rings (SSSR count). The predicted octanol–water partition coefficient (Wildman–Crippen LogP) is 3.79. The standard InChI is InChI=1S/C15H13F3O/c1-11-7-9-13(10-8-11)14(19,15(16,17)18)12-5-3-2-4-6-12/h2-10,19H,1H3/t14-/m1/s1. The Morgan fingerprint density at radius 3 is 1.74 bits per heavy atom. The molecule has 0 spiro atoms. The molecule has 0 aliphatic heterocycles. The van der Waals surface area contributed by atoms with Gasteiger partial charge in [0.25, 0.3) is 0 Å². The van der Waals surface area contributed by atoms with Crippen LogP contribution < -0.4 is 0 Å². The van der Waals surface area contributed by atoms with E-state index >= 15 is 0 Å². The molecule has 0 radical (unpaired) electrons. The SMILES string of the molecule is Cc1ccc([C@](O)(c2ccccc2)C(F)(F)F)cc1. The van der Waals surface area contributed by atoms with Crippen LogP contribution in [-0.4, -0.2) is 11.3 Å². The molecule has 0 aliphatic rings. The van der Waals surface area contributed by atoms with E-state index in [1.54, 1.807) is 25.1 Å². The fourth-order valence-electron chi connectivity index (χ4n) is 1.97. The maximum atomic E-state index is 13.3. The van der Waals surface area contributed by atoms with Crippen LogP contribution in [-0.2, 0) is 5.60 Å². The molecule has 1 atom stereocenters. The molecule has 0 aliphatic carbocycles. The number of benzene rings is 2. The van der Waals surface area contributed by atoms with Gasteiger partial charge in [-0.15, -0.1) is 0 Å². The molecular formula is C15H13F3O. The molecule has 1 N–H and O–H groups in total. The lowest BCUT2D eigenvalue weighted by molar-refractivity contribution is -0.248. The smallest absolute Gasteiger partial charge is 0.372 e. The zero-order valence-corrected chi connectivity index (χ0v) is 10.3. The van der Waals surface area contributed by atoms with Gasteiger partial charge in [-0.1, -0.05) is 60.2 Å². The van der Waals surface area contributed by atoms with E-state index in [0.29, 0.717) is 0 Å². The lowest BCUT2D eigenvalue weighted by Crippen LogP contribution is -2.43. The Hall–Kier alpha value is -1.81. The molecule has 0 bridgehead atoms. The fourth-order valence-corrected chi connectivity index (χ4v) is 1.97. The summed E-state index contributed by atoms with van der Waals surface area (Å²) in [4.78, 5) is 0. The minimum absolute atomic E-state index is 0.184. The van der Waals surface area contributed by atoms with Crippen molar-refractivity contribution in [2.75, 3.05) is 0 Å². The maximum Gasteiger partial charge on any atom is 0.425 e. The van der Waals surface area contributed by atoms with Crippen LogP contribution in [0.4, 0.5) is 13.2 Å². The summed E-state index contributed by atoms with van der Waals surface area (Å²) in [6.45, 7) is 1.78. The van der Waals surface area contributed by atoms with Gasteiger partial charge in [0, 0.05) is 0 Å². The van der Waals surface area contributed by atoms with Crippen molar-refractivity contribution in [3.63, 3.8) is 0 Å². The Labute approximate surface area is 109 Å². The number of halogens is 3. The van der Waals surface area contributed by atoms with Crippen LogP contribution in [0.1, 0.15) is 16.7 Å². The van der Waals surface area contributed by atoms with Crippen LogP contribution in [0.15, 0.2) is 54.6 Å². The topological polar surface area (TPSA) is 20.2 Å². The zero-order chi connectivity index (χ0) is 14.1. The lowest BCUT2D eigenvalue weighted by Gasteiger charge is -2.31. The van der Waals surface area contributed by atoms with Gasteiger partial charge in [-0.25, -0.2) is 0 Å². The molecule has 0 unspecified atom stereocenters. The van der Waals surface area contributed by atoms with Crippen molar-refractivity contribution in [2.45, 2.75) is 18.7 Å². The third-order valence-electron chi connectivity index (χ3n) is 3.07. The number of rotatable bonds is 2. The average Bonchev–Trinajstić information content (AvgIpc) is 2.38. The fraction of sp³-hybridized carbons (Fsp3) is 0.200. The molecule has 0 aromatic heterocycles. The summed E-state index contributed by atoms with van der Waals surface area (Å²) in [5, 5.41) is 10.3. The highest BCUT2D eigenvalue weighted by Crippen LogP contribution is 2.43. The molecule has 0 saturated heterocycles. The Balaban J connectivity index is 2.63. The molecule has 2 aromatic rings. The summed E-state index contributed by atoms with van der Waals surface area (Å²) in [5.41, 5.74) is -2.52. The normalized spacial score (nSPS) is 15.0. The third-order valence-corrected chi connectivity index (χ3v) is 3.07. The van der Waals surface area contributed by atoms with Crippen LogP contribution in [0, 0.1) is 6.92 Å². The largest absolute Gasteiger partial charge is 0.425 e. The summed E-state index contributed by atoms with van der Waals surface area (Å²) in [6.07, 6.45) is -4.79. The zero-order valence-electron chi connectivity index (χ0n) is 10.3. The van der Waals surface area contributed by atoms with Gasteiger partial charge in [0.05, 0.1) is 0 Å². The monoisotopic (exact) mass is 266 g/mol. The highest BCUT2D eigenvalue weighted by molar-refractivity contribution is 5.38. The summed E-state index contributed by atoms with van der Waals surface area (Å²) in [5.74, 6) is 0. The first-order valence-electron chi connectivity index (χ1n) is 5.77. The molecule has 19 heavy (non-hydrogen) atoms. The number of aryl methyl sites for hydroxylation is 1. The number of alkyl halides is 3. The van der Waals surface area contributed by atoms with Crippen LogP contribution in [0.5, 0.6) is 0 Å². The van der Waals surface area contributed by atoms with E-state index in [0.717, 1.165) is 5.56 Å². The van der Waals surface area contributed by atoms with Crippen molar-refractivity contribution in [1.82, 2.24) is 0 Å². The highest BCUT2D eigenvalue weighted by atomic mass is 19.4. The molecule has 0 saturated carbocycles. The van der Waals surface area contributed by atoms with Crippen molar-refractivity contribution in [3.05, 3.63) is 71.3 Å². The van der Waals surface area contributed by atoms with Crippen LogP contribution in [0.3, 0.4) is 0 Å². The van der Waals surface area contributed by atoms with Crippen LogP contribution in [0.2, 0.25) is 0 Å². The first-order chi connectivity index (χ1) is 8.85. The van der Waals surface area contributed by atoms with E-state index in [1.807, 2.05) is 0 Å². The Bertz CT molecular complexity index is 546. The van der Waals surface area contributed by atoms with E-state index in [2.05, 4.69) is 0 Å². The van der Waals surface area contributed by atoms with Gasteiger partial charge in [-0.2, -0.15) is 13.2 Å². The molecule has 4 heteroatoms. The van der Waals surface area contributed by atoms with Crippen LogP contribution in [0.25, 0.3) is 0 Å². The number of hydrogen-bond donors (Lipinski definition) is 1. The third kappa shape index (κ3) is 2.36. The molecule has 100 valence electrons. The first-order valence-corrected chi connectivity index (χ1v) is 5.77. The van der Waals surface area contributed by atoms with Crippen molar-refractivity contribution < 1.29 is 18.3 Å². The number of aliphatic hydroxyl groups is 1. The molecule has 0 fully saturated rings. The summed E-state index contributed by atoms with van der Waals surface area (Å²) < 4.78 is 40.0. The van der Waals surface area contributed by atoms with Gasteiger partial charge in [0.2, 0.25) is 5.60 Å². The van der Waals surface area contributed by atoms with Crippen molar-refractivity contribution in [1.29, 1.82) is 0 Å². The molecule has 0 amide bonds. The van der Waals surface area contributed by atoms with Gasteiger partial charge >= 0.3 is 6.18 Å². The Morgan fingerprint density at radius 2 is 1.26 bits per heavy atom. The summed E-state index contributed by atoms with van der Waals surface area (Å²) in [7, 11) is 0. The molecular weight excluding hydrogens is 253 g/mol. The van der Waals surface area contributed by atoms with Crippen LogP contribution >= 0.6 is 0 Å². The van der Waals surface area contributed by atoms with Gasteiger partial charge in [-0.3, -0.25) is 0 Å². The molecule has 1 nitrogen and oxygen atoms in total. The average molecular weight is 266 g/mol. The van der Waals surface area contributed by atoms with E-state index in [1.165, 1.54) is 36.4 Å². The molecule has 0 heterocycles. The second-order valence-electron chi connectivity index (χ2n) is 4.44. The minimum atomic E-state index is -4.79. The summed E-state index contributed by atoms with van der Waals surface area (Å²) >= 11 is 0.